The van der Waals surface area contributed by atoms with E-state index in [1.165, 1.54) is 0 Å². The Labute approximate surface area is 135 Å². The Morgan fingerprint density at radius 2 is 2.22 bits per heavy atom. The summed E-state index contributed by atoms with van der Waals surface area (Å²) in [6.07, 6.45) is 6.64. The van der Waals surface area contributed by atoms with Gasteiger partial charge >= 0.3 is 11.9 Å². The molecule has 0 bridgehead atoms. The predicted octanol–water partition coefficient (Wildman–Crippen LogP) is 3.18. The molecule has 5 heteroatoms. The van der Waals surface area contributed by atoms with Crippen LogP contribution in [0.25, 0.3) is 0 Å². The van der Waals surface area contributed by atoms with Crippen LogP contribution in [-0.2, 0) is 9.53 Å². The van der Waals surface area contributed by atoms with Crippen LogP contribution in [0, 0.1) is 5.92 Å². The second-order valence-corrected chi connectivity index (χ2v) is 6.11. The van der Waals surface area contributed by atoms with Crippen molar-refractivity contribution in [2.24, 2.45) is 5.92 Å². The monoisotopic (exact) mass is 315 g/mol. The fourth-order valence-electron chi connectivity index (χ4n) is 3.36. The number of unbranched alkanes of at least 4 members (excludes halogenated alkanes) is 1. The molecule has 0 saturated heterocycles. The summed E-state index contributed by atoms with van der Waals surface area (Å²) in [5.74, 6) is -1.13. The lowest BCUT2D eigenvalue weighted by Gasteiger charge is -2.34. The number of hydrogen-bond donors (Lipinski definition) is 2. The molecule has 2 aliphatic rings. The van der Waals surface area contributed by atoms with Gasteiger partial charge in [0.1, 0.15) is 6.04 Å². The van der Waals surface area contributed by atoms with Gasteiger partial charge in [0, 0.05) is 17.5 Å². The van der Waals surface area contributed by atoms with Crippen molar-refractivity contribution in [2.45, 2.75) is 38.1 Å². The second kappa shape index (κ2) is 6.44. The highest BCUT2D eigenvalue weighted by molar-refractivity contribution is 5.91. The molecule has 1 aliphatic heterocycles. The van der Waals surface area contributed by atoms with Gasteiger partial charge < -0.3 is 15.2 Å². The molecule has 0 unspecified atom stereocenters. The van der Waals surface area contributed by atoms with Crippen molar-refractivity contribution in [1.82, 2.24) is 0 Å². The number of carbonyl (C=O) groups is 2. The number of fused-ring (bicyclic) bond motifs is 3. The molecule has 0 saturated carbocycles. The molecule has 1 aliphatic carbocycles. The lowest BCUT2D eigenvalue weighted by molar-refractivity contribution is -0.139. The van der Waals surface area contributed by atoms with Crippen LogP contribution in [0.2, 0.25) is 0 Å². The van der Waals surface area contributed by atoms with Gasteiger partial charge in [0.2, 0.25) is 0 Å². The molecule has 3 rings (SSSR count). The average molecular weight is 315 g/mol. The lowest BCUT2D eigenvalue weighted by Crippen LogP contribution is -2.41. The van der Waals surface area contributed by atoms with Gasteiger partial charge in [0.05, 0.1) is 12.2 Å². The van der Waals surface area contributed by atoms with E-state index < -0.39 is 12.0 Å². The van der Waals surface area contributed by atoms with Gasteiger partial charge in [0.25, 0.3) is 0 Å². The van der Waals surface area contributed by atoms with E-state index in [1.54, 1.807) is 12.1 Å². The van der Waals surface area contributed by atoms with Gasteiger partial charge in [-0.05, 0) is 36.6 Å². The highest BCUT2D eigenvalue weighted by Gasteiger charge is 2.40. The summed E-state index contributed by atoms with van der Waals surface area (Å²) in [6, 6.07) is 4.72. The maximum atomic E-state index is 12.1. The van der Waals surface area contributed by atoms with Gasteiger partial charge in [0.15, 0.2) is 0 Å². The van der Waals surface area contributed by atoms with Gasteiger partial charge in [-0.2, -0.15) is 0 Å². The normalized spacial score (nSPS) is 24.5. The fraction of sp³-hybridized carbons (Fsp3) is 0.444. The van der Waals surface area contributed by atoms with E-state index in [-0.39, 0.29) is 17.8 Å². The van der Waals surface area contributed by atoms with Crippen molar-refractivity contribution in [2.75, 3.05) is 11.9 Å². The first-order valence-electron chi connectivity index (χ1n) is 8.09. The summed E-state index contributed by atoms with van der Waals surface area (Å²) in [4.78, 5) is 23.6. The largest absolute Gasteiger partial charge is 0.480 e. The summed E-state index contributed by atoms with van der Waals surface area (Å²) in [5.41, 5.74) is 2.29. The lowest BCUT2D eigenvalue weighted by atomic mass is 9.79. The van der Waals surface area contributed by atoms with E-state index in [0.29, 0.717) is 12.2 Å². The number of allylic oxidation sites excluding steroid dienone is 2. The Balaban J connectivity index is 1.85. The third kappa shape index (κ3) is 2.96. The molecule has 0 fully saturated rings. The van der Waals surface area contributed by atoms with E-state index >= 15 is 0 Å². The number of carboxylic acid groups (broad SMARTS) is 1. The summed E-state index contributed by atoms with van der Waals surface area (Å²) >= 11 is 0. The number of ether oxygens (including phenoxy) is 1. The minimum absolute atomic E-state index is 0.00800. The van der Waals surface area contributed by atoms with Crippen LogP contribution in [0.5, 0.6) is 0 Å². The molecule has 23 heavy (non-hydrogen) atoms. The van der Waals surface area contributed by atoms with Crippen molar-refractivity contribution in [3.63, 3.8) is 0 Å². The fourth-order valence-corrected chi connectivity index (χ4v) is 3.36. The number of benzene rings is 1. The molecule has 0 radical (unpaired) electrons. The van der Waals surface area contributed by atoms with E-state index in [1.807, 2.05) is 25.1 Å². The number of aliphatic carboxylic acids is 1. The van der Waals surface area contributed by atoms with Gasteiger partial charge in [-0.1, -0.05) is 25.5 Å². The van der Waals surface area contributed by atoms with Crippen molar-refractivity contribution in [3.8, 4) is 0 Å². The summed E-state index contributed by atoms with van der Waals surface area (Å²) in [7, 11) is 0. The van der Waals surface area contributed by atoms with Crippen LogP contribution in [0.3, 0.4) is 0 Å². The van der Waals surface area contributed by atoms with Crippen LogP contribution in [0.1, 0.15) is 48.0 Å². The number of nitrogens with one attached hydrogen (secondary N) is 1. The summed E-state index contributed by atoms with van der Waals surface area (Å²) in [6.45, 7) is 2.47. The van der Waals surface area contributed by atoms with Crippen LogP contribution < -0.4 is 5.32 Å². The number of rotatable bonds is 5. The molecule has 122 valence electrons. The highest BCUT2D eigenvalue weighted by Crippen LogP contribution is 2.44. The molecule has 2 N–H and O–H groups in total. The molecule has 1 heterocycles. The first-order chi connectivity index (χ1) is 11.1. The minimum atomic E-state index is -0.836. The Bertz CT molecular complexity index is 652. The number of carboxylic acids is 1. The van der Waals surface area contributed by atoms with E-state index in [4.69, 9.17) is 4.74 Å². The zero-order valence-corrected chi connectivity index (χ0v) is 13.1. The molecule has 0 spiro atoms. The van der Waals surface area contributed by atoms with E-state index in [2.05, 4.69) is 5.32 Å². The summed E-state index contributed by atoms with van der Waals surface area (Å²) in [5, 5.41) is 12.5. The van der Waals surface area contributed by atoms with Gasteiger partial charge in [-0.25, -0.2) is 9.59 Å². The first-order valence-corrected chi connectivity index (χ1v) is 8.09. The molecule has 3 atom stereocenters. The predicted molar refractivity (Wildman–Crippen MR) is 86.7 cm³/mol. The number of anilines is 1. The molecule has 0 aromatic heterocycles. The highest BCUT2D eigenvalue weighted by atomic mass is 16.5. The minimum Gasteiger partial charge on any atom is -0.480 e. The zero-order valence-electron chi connectivity index (χ0n) is 13.1. The molecule has 1 aromatic carbocycles. The van der Waals surface area contributed by atoms with Crippen LogP contribution in [0.15, 0.2) is 30.4 Å². The SMILES string of the molecule is CCCCOC(=O)c1ccc2c(c1)[C@@H]1C=CC[C@@H]1[C@H](C(=O)O)N2. The van der Waals surface area contributed by atoms with Crippen molar-refractivity contribution in [1.29, 1.82) is 0 Å². The Morgan fingerprint density at radius 3 is 2.96 bits per heavy atom. The van der Waals surface area contributed by atoms with Crippen LogP contribution in [0.4, 0.5) is 5.69 Å². The number of esters is 1. The Hall–Kier alpha value is -2.30. The average Bonchev–Trinajstić information content (AvgIpc) is 3.03. The van der Waals surface area contributed by atoms with E-state index in [0.717, 1.165) is 30.5 Å². The number of hydrogen-bond acceptors (Lipinski definition) is 4. The molecule has 0 amide bonds. The Kier molecular flexibility index (Phi) is 4.37. The maximum Gasteiger partial charge on any atom is 0.338 e. The van der Waals surface area contributed by atoms with Crippen molar-refractivity contribution >= 4 is 17.6 Å². The second-order valence-electron chi connectivity index (χ2n) is 6.11. The van der Waals surface area contributed by atoms with Crippen molar-refractivity contribution < 1.29 is 19.4 Å². The Morgan fingerprint density at radius 1 is 1.39 bits per heavy atom. The maximum absolute atomic E-state index is 12.1. The third-order valence-corrected chi connectivity index (χ3v) is 4.60. The standard InChI is InChI=1S/C18H21NO4/c1-2-3-9-23-18(22)11-7-8-15-14(10-11)12-5-4-6-13(12)16(19-15)17(20)21/h4-5,7-8,10,12-13,16,19H,2-3,6,9H2,1H3,(H,20,21)/t12-,13+,16-/m1/s1. The summed E-state index contributed by atoms with van der Waals surface area (Å²) < 4.78 is 5.26. The topological polar surface area (TPSA) is 75.6 Å². The zero-order chi connectivity index (χ0) is 16.4. The van der Waals surface area contributed by atoms with Gasteiger partial charge in [-0.3, -0.25) is 0 Å². The molecule has 1 aromatic rings. The van der Waals surface area contributed by atoms with E-state index in [9.17, 15) is 14.7 Å². The third-order valence-electron chi connectivity index (χ3n) is 4.60. The van der Waals surface area contributed by atoms with Gasteiger partial charge in [-0.15, -0.1) is 0 Å². The molecular weight excluding hydrogens is 294 g/mol. The molecular formula is C18H21NO4. The molecule has 5 nitrogen and oxygen atoms in total. The smallest absolute Gasteiger partial charge is 0.338 e. The first kappa shape index (κ1) is 15.6. The van der Waals surface area contributed by atoms with Crippen LogP contribution >= 0.6 is 0 Å². The quantitative estimate of drug-likeness (QED) is 0.496. The van der Waals surface area contributed by atoms with Crippen molar-refractivity contribution in [3.05, 3.63) is 41.5 Å². The van der Waals surface area contributed by atoms with Crippen LogP contribution in [-0.4, -0.2) is 29.7 Å². The number of carbonyl (C=O) groups excluding carboxylic acids is 1.